The summed E-state index contributed by atoms with van der Waals surface area (Å²) in [4.78, 5) is 36.0. The molecule has 20 heavy (non-hydrogen) atoms. The molecular weight excluding hydrogens is 260 g/mol. The van der Waals surface area contributed by atoms with Gasteiger partial charge in [0.2, 0.25) is 5.91 Å². The summed E-state index contributed by atoms with van der Waals surface area (Å²) in [7, 11) is 0. The Labute approximate surface area is 119 Å². The van der Waals surface area contributed by atoms with E-state index in [-0.39, 0.29) is 30.8 Å². The van der Waals surface area contributed by atoms with Crippen LogP contribution in [0.15, 0.2) is 0 Å². The van der Waals surface area contributed by atoms with E-state index < -0.39 is 11.9 Å². The molecule has 1 saturated heterocycles. The van der Waals surface area contributed by atoms with Crippen LogP contribution in [0.3, 0.4) is 0 Å². The fraction of sp³-hybridized carbons (Fsp3) is 0.786. The lowest BCUT2D eigenvalue weighted by atomic mass is 9.95. The number of likely N-dealkylation sites (tertiary alicyclic amines) is 1. The number of piperidine rings is 1. The van der Waals surface area contributed by atoms with Crippen molar-refractivity contribution in [2.45, 2.75) is 52.5 Å². The third-order valence-corrected chi connectivity index (χ3v) is 3.68. The van der Waals surface area contributed by atoms with Crippen molar-refractivity contribution in [3.8, 4) is 0 Å². The van der Waals surface area contributed by atoms with Gasteiger partial charge in [-0.25, -0.2) is 4.79 Å². The average molecular weight is 284 g/mol. The van der Waals surface area contributed by atoms with Crippen molar-refractivity contribution in [1.82, 2.24) is 10.2 Å². The minimum Gasteiger partial charge on any atom is -0.481 e. The standard InChI is InChI=1S/C14H24N2O4/c1-9-4-5-11(3)16(8-9)14(20)15-12(17)6-10(2)7-13(18)19/h9-11H,4-8H2,1-3H3,(H,18,19)(H,15,17,20). The van der Waals surface area contributed by atoms with E-state index in [1.807, 2.05) is 6.92 Å². The highest BCUT2D eigenvalue weighted by atomic mass is 16.4. The maximum atomic E-state index is 12.0. The smallest absolute Gasteiger partial charge is 0.324 e. The minimum absolute atomic E-state index is 0.0514. The van der Waals surface area contributed by atoms with Gasteiger partial charge in [-0.15, -0.1) is 0 Å². The number of hydrogen-bond acceptors (Lipinski definition) is 3. The van der Waals surface area contributed by atoms with Crippen LogP contribution in [0.1, 0.15) is 46.5 Å². The van der Waals surface area contributed by atoms with Crippen LogP contribution in [0.2, 0.25) is 0 Å². The van der Waals surface area contributed by atoms with Gasteiger partial charge < -0.3 is 10.0 Å². The van der Waals surface area contributed by atoms with E-state index in [4.69, 9.17) is 5.11 Å². The Kier molecular flexibility index (Phi) is 5.98. The van der Waals surface area contributed by atoms with Gasteiger partial charge in [-0.05, 0) is 31.6 Å². The molecular formula is C14H24N2O4. The number of rotatable bonds is 4. The van der Waals surface area contributed by atoms with Crippen molar-refractivity contribution in [2.24, 2.45) is 11.8 Å². The van der Waals surface area contributed by atoms with Crippen LogP contribution in [-0.2, 0) is 9.59 Å². The number of carboxylic acids is 1. The number of carbonyl (C=O) groups excluding carboxylic acids is 2. The lowest BCUT2D eigenvalue weighted by Crippen LogP contribution is -2.51. The number of amides is 3. The number of carbonyl (C=O) groups is 3. The lowest BCUT2D eigenvalue weighted by Gasteiger charge is -2.36. The van der Waals surface area contributed by atoms with Gasteiger partial charge in [-0.2, -0.15) is 0 Å². The number of urea groups is 1. The number of aliphatic carboxylic acids is 1. The zero-order valence-electron chi connectivity index (χ0n) is 12.4. The maximum absolute atomic E-state index is 12.0. The Morgan fingerprint density at radius 2 is 1.90 bits per heavy atom. The molecule has 3 atom stereocenters. The Balaban J connectivity index is 2.44. The molecule has 1 aliphatic rings. The van der Waals surface area contributed by atoms with Crippen molar-refractivity contribution in [3.05, 3.63) is 0 Å². The van der Waals surface area contributed by atoms with E-state index in [9.17, 15) is 14.4 Å². The van der Waals surface area contributed by atoms with E-state index in [1.165, 1.54) is 0 Å². The third-order valence-electron chi connectivity index (χ3n) is 3.68. The zero-order chi connectivity index (χ0) is 15.3. The van der Waals surface area contributed by atoms with E-state index >= 15 is 0 Å². The summed E-state index contributed by atoms with van der Waals surface area (Å²) in [5.41, 5.74) is 0. The molecule has 3 amide bonds. The van der Waals surface area contributed by atoms with Crippen molar-refractivity contribution < 1.29 is 19.5 Å². The molecule has 2 N–H and O–H groups in total. The highest BCUT2D eigenvalue weighted by molar-refractivity contribution is 5.94. The minimum atomic E-state index is -0.935. The number of nitrogens with one attached hydrogen (secondary N) is 1. The van der Waals surface area contributed by atoms with E-state index in [1.54, 1.807) is 11.8 Å². The molecule has 0 bridgehead atoms. The van der Waals surface area contributed by atoms with Gasteiger partial charge in [0.15, 0.2) is 0 Å². The average Bonchev–Trinajstić information content (AvgIpc) is 2.30. The second kappa shape index (κ2) is 7.26. The Hall–Kier alpha value is -1.59. The first-order chi connectivity index (χ1) is 9.29. The van der Waals surface area contributed by atoms with Crippen molar-refractivity contribution in [1.29, 1.82) is 0 Å². The summed E-state index contributed by atoms with van der Waals surface area (Å²) >= 11 is 0. The molecule has 3 unspecified atom stereocenters. The first-order valence-corrected chi connectivity index (χ1v) is 7.11. The summed E-state index contributed by atoms with van der Waals surface area (Å²) in [6.07, 6.45) is 2.02. The molecule has 1 fully saturated rings. The number of hydrogen-bond donors (Lipinski definition) is 2. The first kappa shape index (κ1) is 16.5. The Morgan fingerprint density at radius 3 is 2.50 bits per heavy atom. The molecule has 1 heterocycles. The van der Waals surface area contributed by atoms with Crippen LogP contribution in [0.4, 0.5) is 4.79 Å². The number of imide groups is 1. The van der Waals surface area contributed by atoms with E-state index in [0.29, 0.717) is 12.5 Å². The summed E-state index contributed by atoms with van der Waals surface area (Å²) < 4.78 is 0. The van der Waals surface area contributed by atoms with Crippen LogP contribution in [0, 0.1) is 11.8 Å². The number of carboxylic acid groups (broad SMARTS) is 1. The van der Waals surface area contributed by atoms with Crippen LogP contribution in [0.25, 0.3) is 0 Å². The van der Waals surface area contributed by atoms with E-state index in [0.717, 1.165) is 12.8 Å². The molecule has 0 aromatic rings. The summed E-state index contributed by atoms with van der Waals surface area (Å²) in [5.74, 6) is -1.18. The van der Waals surface area contributed by atoms with Gasteiger partial charge in [-0.1, -0.05) is 13.8 Å². The Morgan fingerprint density at radius 1 is 1.25 bits per heavy atom. The second-order valence-electron chi connectivity index (χ2n) is 5.94. The molecule has 0 saturated carbocycles. The van der Waals surface area contributed by atoms with Crippen LogP contribution < -0.4 is 5.32 Å². The quantitative estimate of drug-likeness (QED) is 0.824. The Bertz CT molecular complexity index is 383. The lowest BCUT2D eigenvalue weighted by molar-refractivity contribution is -0.138. The molecule has 0 radical (unpaired) electrons. The highest BCUT2D eigenvalue weighted by Gasteiger charge is 2.28. The topological polar surface area (TPSA) is 86.7 Å². The normalized spacial score (nSPS) is 24.1. The molecule has 6 heteroatoms. The molecule has 1 aliphatic heterocycles. The van der Waals surface area contributed by atoms with Gasteiger partial charge in [0.1, 0.15) is 0 Å². The largest absolute Gasteiger partial charge is 0.481 e. The van der Waals surface area contributed by atoms with Gasteiger partial charge >= 0.3 is 12.0 Å². The van der Waals surface area contributed by atoms with Crippen LogP contribution >= 0.6 is 0 Å². The zero-order valence-corrected chi connectivity index (χ0v) is 12.4. The predicted molar refractivity (Wildman–Crippen MR) is 74.1 cm³/mol. The second-order valence-corrected chi connectivity index (χ2v) is 5.94. The van der Waals surface area contributed by atoms with Gasteiger partial charge in [0.05, 0.1) is 0 Å². The van der Waals surface area contributed by atoms with Gasteiger partial charge in [0.25, 0.3) is 0 Å². The predicted octanol–water partition coefficient (Wildman–Crippen LogP) is 1.84. The molecule has 0 aromatic carbocycles. The van der Waals surface area contributed by atoms with Crippen molar-refractivity contribution in [2.75, 3.05) is 6.54 Å². The summed E-state index contributed by atoms with van der Waals surface area (Å²) in [5, 5.41) is 11.0. The van der Waals surface area contributed by atoms with E-state index in [2.05, 4.69) is 12.2 Å². The third kappa shape index (κ3) is 5.19. The van der Waals surface area contributed by atoms with Crippen molar-refractivity contribution in [3.63, 3.8) is 0 Å². The summed E-state index contributed by atoms with van der Waals surface area (Å²) in [6, 6.07) is -0.230. The molecule has 0 spiro atoms. The fourth-order valence-electron chi connectivity index (χ4n) is 2.50. The molecule has 0 aromatic heterocycles. The molecule has 1 rings (SSSR count). The molecule has 114 valence electrons. The first-order valence-electron chi connectivity index (χ1n) is 7.11. The highest BCUT2D eigenvalue weighted by Crippen LogP contribution is 2.21. The monoisotopic (exact) mass is 284 g/mol. The number of nitrogens with zero attached hydrogens (tertiary/aromatic N) is 1. The maximum Gasteiger partial charge on any atom is 0.324 e. The van der Waals surface area contributed by atoms with Crippen LogP contribution in [-0.4, -0.2) is 40.5 Å². The van der Waals surface area contributed by atoms with Gasteiger partial charge in [0, 0.05) is 25.4 Å². The SMILES string of the molecule is CC(CC(=O)O)CC(=O)NC(=O)N1CC(C)CCC1C. The molecule has 6 nitrogen and oxygen atoms in total. The molecule has 0 aliphatic carbocycles. The summed E-state index contributed by atoms with van der Waals surface area (Å²) in [6.45, 7) is 6.40. The van der Waals surface area contributed by atoms with Crippen molar-refractivity contribution >= 4 is 17.9 Å². The van der Waals surface area contributed by atoms with Crippen LogP contribution in [0.5, 0.6) is 0 Å². The van der Waals surface area contributed by atoms with Gasteiger partial charge in [-0.3, -0.25) is 14.9 Å². The fourth-order valence-corrected chi connectivity index (χ4v) is 2.50.